The van der Waals surface area contributed by atoms with Crippen LogP contribution in [-0.4, -0.2) is 79.7 Å². The maximum atomic E-state index is 13.6. The van der Waals surface area contributed by atoms with Gasteiger partial charge in [-0.2, -0.15) is 0 Å². The largest absolute Gasteiger partial charge is 0.510 e. The summed E-state index contributed by atoms with van der Waals surface area (Å²) < 4.78 is 0. The minimum absolute atomic E-state index is 0.0196. The number of allylic oxidation sites excluding steroid dienone is 1. The number of carbonyl (C=O) groups excluding carboxylic acids is 3. The minimum Gasteiger partial charge on any atom is -0.510 e. The number of rotatable bonds is 5. The first-order valence-corrected chi connectivity index (χ1v) is 11.5. The van der Waals surface area contributed by atoms with Crippen LogP contribution >= 0.6 is 0 Å². The number of likely N-dealkylation sites (N-methyl/N-ethyl adjacent to an activating group) is 1. The van der Waals surface area contributed by atoms with Crippen molar-refractivity contribution >= 4 is 17.5 Å². The van der Waals surface area contributed by atoms with Gasteiger partial charge in [0, 0.05) is 11.5 Å². The lowest BCUT2D eigenvalue weighted by Gasteiger charge is -2.50. The van der Waals surface area contributed by atoms with Gasteiger partial charge in [-0.1, -0.05) is 6.07 Å². The fourth-order valence-corrected chi connectivity index (χ4v) is 5.91. The molecule has 0 aliphatic heterocycles. The summed E-state index contributed by atoms with van der Waals surface area (Å²) in [6, 6.07) is 2.03. The highest BCUT2D eigenvalue weighted by molar-refractivity contribution is 6.24. The van der Waals surface area contributed by atoms with E-state index in [1.54, 1.807) is 27.1 Å². The highest BCUT2D eigenvalue weighted by Gasteiger charge is 2.63. The van der Waals surface area contributed by atoms with Gasteiger partial charge >= 0.3 is 0 Å². The molecule has 4 rings (SSSR count). The summed E-state index contributed by atoms with van der Waals surface area (Å²) in [5.74, 6) is -6.70. The van der Waals surface area contributed by atoms with Crippen LogP contribution in [0, 0.1) is 11.8 Å². The molecule has 35 heavy (non-hydrogen) atoms. The number of aliphatic hydroxyl groups is 4. The van der Waals surface area contributed by atoms with Crippen LogP contribution in [0.25, 0.3) is 0 Å². The lowest BCUT2D eigenvalue weighted by molar-refractivity contribution is -0.148. The normalized spacial score (nSPS) is 29.1. The van der Waals surface area contributed by atoms with E-state index in [0.717, 1.165) is 5.56 Å². The van der Waals surface area contributed by atoms with E-state index in [2.05, 4.69) is 0 Å². The highest BCUT2D eigenvalue weighted by atomic mass is 16.3. The molecule has 0 fully saturated rings. The standard InChI is InChI=1S/C25H30N2O8/c1-10(28)4-5-11-6-7-15(29)17-13(11)8-12-9-14-19(27(2)3)21(31)18(24(26)34)23(33)25(14,35)22(32)16(12)20(17)30/h6-7,10,12,14,19,28-29,31-32,35H,4-5,8-9H2,1-3H3,(H2,26,34). The molecule has 1 aromatic rings. The van der Waals surface area contributed by atoms with Crippen LogP contribution in [0.4, 0.5) is 0 Å². The Hall–Kier alpha value is -3.21. The summed E-state index contributed by atoms with van der Waals surface area (Å²) >= 11 is 0. The summed E-state index contributed by atoms with van der Waals surface area (Å²) in [7, 11) is 3.17. The molecule has 0 aromatic heterocycles. The molecular weight excluding hydrogens is 456 g/mol. The zero-order valence-corrected chi connectivity index (χ0v) is 19.8. The molecule has 5 unspecified atom stereocenters. The van der Waals surface area contributed by atoms with Gasteiger partial charge in [-0.3, -0.25) is 19.3 Å². The number of nitrogens with two attached hydrogens (primary N) is 1. The van der Waals surface area contributed by atoms with Crippen LogP contribution < -0.4 is 5.73 Å². The van der Waals surface area contributed by atoms with Crippen molar-refractivity contribution in [2.45, 2.75) is 50.4 Å². The van der Waals surface area contributed by atoms with E-state index in [1.807, 2.05) is 0 Å². The molecule has 3 aliphatic carbocycles. The molecule has 10 heteroatoms. The molecule has 0 bridgehead atoms. The Bertz CT molecular complexity index is 1200. The molecule has 0 heterocycles. The lowest BCUT2D eigenvalue weighted by Crippen LogP contribution is -2.63. The van der Waals surface area contributed by atoms with Gasteiger partial charge in [-0.05, 0) is 69.8 Å². The Morgan fingerprint density at radius 3 is 2.46 bits per heavy atom. The number of fused-ring (bicyclic) bond motifs is 3. The van der Waals surface area contributed by atoms with Crippen molar-refractivity contribution < 1.29 is 39.9 Å². The maximum absolute atomic E-state index is 13.6. The number of ketones is 2. The number of primary amides is 1. The number of amides is 1. The maximum Gasteiger partial charge on any atom is 0.255 e. The number of nitrogens with zero attached hydrogens (tertiary/aromatic N) is 1. The second-order valence-corrected chi connectivity index (χ2v) is 9.95. The summed E-state index contributed by atoms with van der Waals surface area (Å²) in [6.45, 7) is 1.65. The van der Waals surface area contributed by atoms with Gasteiger partial charge in [0.25, 0.3) is 5.91 Å². The zero-order chi connectivity index (χ0) is 26.0. The van der Waals surface area contributed by atoms with Gasteiger partial charge in [-0.25, -0.2) is 0 Å². The van der Waals surface area contributed by atoms with Crippen LogP contribution in [-0.2, 0) is 22.4 Å². The molecule has 10 nitrogen and oxygen atoms in total. The molecular formula is C25H30N2O8. The van der Waals surface area contributed by atoms with Crippen molar-refractivity contribution in [2.24, 2.45) is 17.6 Å². The van der Waals surface area contributed by atoms with E-state index in [4.69, 9.17) is 5.73 Å². The molecule has 1 aromatic carbocycles. The smallest absolute Gasteiger partial charge is 0.255 e. The first-order valence-electron chi connectivity index (χ1n) is 11.5. The van der Waals surface area contributed by atoms with Crippen molar-refractivity contribution in [2.75, 3.05) is 14.1 Å². The van der Waals surface area contributed by atoms with Crippen molar-refractivity contribution in [3.63, 3.8) is 0 Å². The van der Waals surface area contributed by atoms with E-state index < -0.39 is 64.1 Å². The highest BCUT2D eigenvalue weighted by Crippen LogP contribution is 2.52. The fourth-order valence-electron chi connectivity index (χ4n) is 5.91. The van der Waals surface area contributed by atoms with E-state index in [0.29, 0.717) is 18.4 Å². The van der Waals surface area contributed by atoms with Gasteiger partial charge in [-0.15, -0.1) is 0 Å². The molecule has 3 aliphatic rings. The second-order valence-electron chi connectivity index (χ2n) is 9.95. The van der Waals surface area contributed by atoms with Crippen molar-refractivity contribution in [1.82, 2.24) is 4.90 Å². The number of aryl methyl sites for hydroxylation is 1. The molecule has 0 saturated carbocycles. The molecule has 1 amide bonds. The quantitative estimate of drug-likeness (QED) is 0.322. The number of hydrogen-bond acceptors (Lipinski definition) is 9. The summed E-state index contributed by atoms with van der Waals surface area (Å²) in [5, 5.41) is 53.8. The molecule has 0 radical (unpaired) electrons. The third kappa shape index (κ3) is 3.55. The lowest BCUT2D eigenvalue weighted by atomic mass is 9.58. The summed E-state index contributed by atoms with van der Waals surface area (Å²) in [6.07, 6.45) is 0.613. The third-order valence-corrected chi connectivity index (χ3v) is 7.53. The minimum atomic E-state index is -2.65. The summed E-state index contributed by atoms with van der Waals surface area (Å²) in [4.78, 5) is 40.3. The van der Waals surface area contributed by atoms with Crippen LogP contribution in [0.5, 0.6) is 5.75 Å². The van der Waals surface area contributed by atoms with Crippen LogP contribution in [0.15, 0.2) is 34.8 Å². The third-order valence-electron chi connectivity index (χ3n) is 7.53. The number of hydrogen-bond donors (Lipinski definition) is 6. The van der Waals surface area contributed by atoms with Crippen LogP contribution in [0.2, 0.25) is 0 Å². The number of carbonyl (C=O) groups is 3. The first kappa shape index (κ1) is 24.9. The predicted molar refractivity (Wildman–Crippen MR) is 124 cm³/mol. The van der Waals surface area contributed by atoms with Gasteiger partial charge in [0.15, 0.2) is 11.4 Å². The Labute approximate surface area is 202 Å². The fraction of sp³-hybridized carbons (Fsp3) is 0.480. The SMILES string of the molecule is CC(O)CCc1ccc(O)c2c1CC1CC3C(N(C)C)C(O)=C(C(N)=O)C(=O)C3(O)C(O)=C1C2=O. The number of phenols is 1. The average Bonchev–Trinajstić information content (AvgIpc) is 2.75. The first-order chi connectivity index (χ1) is 16.3. The van der Waals surface area contributed by atoms with Gasteiger partial charge < -0.3 is 31.3 Å². The van der Waals surface area contributed by atoms with Crippen molar-refractivity contribution in [3.8, 4) is 5.75 Å². The van der Waals surface area contributed by atoms with E-state index in [-0.39, 0.29) is 29.7 Å². The summed E-state index contributed by atoms with van der Waals surface area (Å²) in [5.41, 5.74) is 2.99. The van der Waals surface area contributed by atoms with Gasteiger partial charge in [0.1, 0.15) is 22.8 Å². The monoisotopic (exact) mass is 486 g/mol. The molecule has 0 spiro atoms. The number of Topliss-reactive ketones (excluding diaryl/α,β-unsaturated/α-hetero) is 2. The van der Waals surface area contributed by atoms with Gasteiger partial charge in [0.2, 0.25) is 5.78 Å². The second kappa shape index (κ2) is 8.47. The number of aliphatic hydroxyl groups excluding tert-OH is 3. The van der Waals surface area contributed by atoms with Crippen molar-refractivity contribution in [3.05, 3.63) is 51.5 Å². The van der Waals surface area contributed by atoms with E-state index in [1.165, 1.54) is 11.0 Å². The Morgan fingerprint density at radius 2 is 1.89 bits per heavy atom. The van der Waals surface area contributed by atoms with Crippen LogP contribution in [0.3, 0.4) is 0 Å². The van der Waals surface area contributed by atoms with Gasteiger partial charge in [0.05, 0.1) is 17.7 Å². The van der Waals surface area contributed by atoms with Crippen LogP contribution in [0.1, 0.15) is 41.3 Å². The molecule has 0 saturated heterocycles. The van der Waals surface area contributed by atoms with E-state index in [9.17, 15) is 39.9 Å². The predicted octanol–water partition coefficient (Wildman–Crippen LogP) is 0.434. The Morgan fingerprint density at radius 1 is 1.23 bits per heavy atom. The topological polar surface area (TPSA) is 182 Å². The molecule has 5 atom stereocenters. The Kier molecular flexibility index (Phi) is 6.03. The van der Waals surface area contributed by atoms with Crippen molar-refractivity contribution in [1.29, 1.82) is 0 Å². The van der Waals surface area contributed by atoms with E-state index >= 15 is 0 Å². The number of benzene rings is 1. The molecule has 7 N–H and O–H groups in total. The number of aromatic hydroxyl groups is 1. The number of phenolic OH excluding ortho intramolecular Hbond substituents is 1. The molecule has 188 valence electrons. The average molecular weight is 487 g/mol. The Balaban J connectivity index is 1.91. The zero-order valence-electron chi connectivity index (χ0n) is 19.8.